The number of ketones is 1. The van der Waals surface area contributed by atoms with Crippen LogP contribution in [0.3, 0.4) is 0 Å². The molecule has 1 aliphatic carbocycles. The Kier molecular flexibility index (Phi) is 11.0. The van der Waals surface area contributed by atoms with Crippen LogP contribution in [0.1, 0.15) is 109 Å². The van der Waals surface area contributed by atoms with Crippen molar-refractivity contribution < 1.29 is 34.4 Å². The molecule has 2 heterocycles. The number of carbonyl (C=O) groups excluding carboxylic acids is 1. The van der Waals surface area contributed by atoms with Gasteiger partial charge in [-0.3, -0.25) is 9.78 Å². The van der Waals surface area contributed by atoms with Crippen molar-refractivity contribution in [1.82, 2.24) is 4.98 Å². The fraction of sp³-hybridized carbons (Fsp3) is 0.415. The van der Waals surface area contributed by atoms with Crippen LogP contribution in [0.4, 0.5) is 0 Å². The smallest absolute Gasteiger partial charge is 0.162 e. The Hall–Kier alpha value is -3.27. The molecule has 46 heavy (non-hydrogen) atoms. The first-order valence-corrected chi connectivity index (χ1v) is 16.7. The molecule has 0 unspecified atom stereocenters. The van der Waals surface area contributed by atoms with Gasteiger partial charge in [0.1, 0.15) is 5.58 Å². The van der Waals surface area contributed by atoms with E-state index in [1.165, 1.54) is 39.1 Å². The van der Waals surface area contributed by atoms with Crippen LogP contribution in [0.2, 0.25) is 0 Å². The molecule has 0 spiro atoms. The van der Waals surface area contributed by atoms with Crippen LogP contribution in [-0.4, -0.2) is 15.9 Å². The van der Waals surface area contributed by atoms with Crippen LogP contribution < -0.4 is 0 Å². The number of pyridine rings is 1. The third-order valence-corrected chi connectivity index (χ3v) is 9.87. The maximum atomic E-state index is 11.7. The summed E-state index contributed by atoms with van der Waals surface area (Å²) in [7, 11) is 0. The molecule has 2 aromatic heterocycles. The average Bonchev–Trinajstić information content (AvgIpc) is 3.37. The van der Waals surface area contributed by atoms with Gasteiger partial charge in [-0.15, -0.1) is 17.7 Å². The van der Waals surface area contributed by atoms with Gasteiger partial charge in [0.15, 0.2) is 5.78 Å². The Balaban J connectivity index is 0.000000259. The quantitative estimate of drug-likeness (QED) is 0.0965. The first-order valence-electron chi connectivity index (χ1n) is 16.7. The Morgan fingerprint density at radius 2 is 1.61 bits per heavy atom. The SMILES string of the molecule is CCC(CC)C(=O)/C=C(\O)C(CC)CC.Cc1ccc2nc3c(cc2c1)C(C)(C)c1ccc(C(C)C)c2oc4cc[c-]c-3c4c12.[Ir]. The predicted octanol–water partition coefficient (Wildman–Crippen LogP) is 11.5. The van der Waals surface area contributed by atoms with Gasteiger partial charge >= 0.3 is 0 Å². The molecular weight excluding hydrogens is 747 g/mol. The monoisotopic (exact) mass is 795 g/mol. The fourth-order valence-corrected chi connectivity index (χ4v) is 6.93. The predicted molar refractivity (Wildman–Crippen MR) is 188 cm³/mol. The van der Waals surface area contributed by atoms with E-state index in [0.29, 0.717) is 5.92 Å². The molecule has 245 valence electrons. The number of nitrogens with zero attached hydrogens (tertiary/aromatic N) is 1. The molecule has 0 amide bonds. The van der Waals surface area contributed by atoms with E-state index in [2.05, 4.69) is 77.1 Å². The number of hydrogen-bond acceptors (Lipinski definition) is 4. The van der Waals surface area contributed by atoms with E-state index >= 15 is 0 Å². The van der Waals surface area contributed by atoms with E-state index in [1.807, 2.05) is 39.8 Å². The van der Waals surface area contributed by atoms with E-state index in [1.54, 1.807) is 0 Å². The normalized spacial score (nSPS) is 13.7. The number of aliphatic hydroxyl groups excluding tert-OH is 1. The summed E-state index contributed by atoms with van der Waals surface area (Å²) < 4.78 is 6.47. The minimum absolute atomic E-state index is 0. The van der Waals surface area contributed by atoms with Gasteiger partial charge in [0, 0.05) is 43.4 Å². The van der Waals surface area contributed by atoms with E-state index < -0.39 is 0 Å². The van der Waals surface area contributed by atoms with E-state index in [0.717, 1.165) is 59.0 Å². The minimum atomic E-state index is -0.211. The van der Waals surface area contributed by atoms with Crippen LogP contribution in [-0.2, 0) is 30.3 Å². The summed E-state index contributed by atoms with van der Waals surface area (Å²) in [6.45, 7) is 19.3. The topological polar surface area (TPSA) is 63.3 Å². The van der Waals surface area contributed by atoms with Crippen molar-refractivity contribution in [2.45, 2.75) is 99.3 Å². The van der Waals surface area contributed by atoms with Crippen molar-refractivity contribution in [3.63, 3.8) is 0 Å². The van der Waals surface area contributed by atoms with E-state index in [9.17, 15) is 9.90 Å². The Morgan fingerprint density at radius 1 is 0.935 bits per heavy atom. The van der Waals surface area contributed by atoms with Gasteiger partial charge in [-0.1, -0.05) is 102 Å². The summed E-state index contributed by atoms with van der Waals surface area (Å²) in [5.74, 6) is 0.940. The summed E-state index contributed by atoms with van der Waals surface area (Å²) in [4.78, 5) is 16.9. The van der Waals surface area contributed by atoms with Gasteiger partial charge in [-0.05, 0) is 78.3 Å². The second-order valence-corrected chi connectivity index (χ2v) is 13.5. The number of aliphatic hydroxyl groups is 1. The number of aromatic nitrogens is 1. The molecule has 1 radical (unpaired) electrons. The molecule has 6 rings (SSSR count). The zero-order valence-corrected chi connectivity index (χ0v) is 31.2. The molecule has 5 aromatic rings. The van der Waals surface area contributed by atoms with Crippen LogP contribution in [0.5, 0.6) is 0 Å². The largest absolute Gasteiger partial charge is 0.512 e. The molecular formula is C41H48IrNO3-. The number of carbonyl (C=O) groups is 1. The second-order valence-electron chi connectivity index (χ2n) is 13.5. The van der Waals surface area contributed by atoms with Gasteiger partial charge < -0.3 is 9.52 Å². The summed E-state index contributed by atoms with van der Waals surface area (Å²) >= 11 is 0. The van der Waals surface area contributed by atoms with Crippen molar-refractivity contribution >= 4 is 38.6 Å². The van der Waals surface area contributed by atoms with Crippen LogP contribution in [0.25, 0.3) is 44.1 Å². The van der Waals surface area contributed by atoms with Gasteiger partial charge in [0.2, 0.25) is 0 Å². The van der Waals surface area contributed by atoms with Gasteiger partial charge in [-0.25, -0.2) is 0 Å². The average molecular weight is 795 g/mol. The molecule has 0 bridgehead atoms. The summed E-state index contributed by atoms with van der Waals surface area (Å²) in [6, 6.07) is 20.9. The van der Waals surface area contributed by atoms with Gasteiger partial charge in [0.05, 0.1) is 16.9 Å². The molecule has 0 saturated carbocycles. The van der Waals surface area contributed by atoms with Gasteiger partial charge in [-0.2, -0.15) is 0 Å². The number of hydrogen-bond donors (Lipinski definition) is 1. The molecule has 0 aliphatic heterocycles. The second kappa shape index (κ2) is 14.2. The third-order valence-electron chi connectivity index (χ3n) is 9.87. The Bertz CT molecular complexity index is 1900. The number of allylic oxidation sites excluding steroid dienone is 2. The maximum absolute atomic E-state index is 11.7. The zero-order chi connectivity index (χ0) is 32.6. The van der Waals surface area contributed by atoms with Crippen molar-refractivity contribution in [2.75, 3.05) is 0 Å². The molecule has 1 N–H and O–H groups in total. The summed E-state index contributed by atoms with van der Waals surface area (Å²) in [5, 5.41) is 13.3. The Morgan fingerprint density at radius 3 is 2.24 bits per heavy atom. The molecule has 0 saturated heterocycles. The van der Waals surface area contributed by atoms with Crippen molar-refractivity contribution in [3.8, 4) is 11.3 Å². The molecule has 0 atom stereocenters. The van der Waals surface area contributed by atoms with Crippen molar-refractivity contribution in [1.29, 1.82) is 0 Å². The molecule has 5 heteroatoms. The van der Waals surface area contributed by atoms with Crippen molar-refractivity contribution in [2.24, 2.45) is 11.8 Å². The van der Waals surface area contributed by atoms with Crippen LogP contribution >= 0.6 is 0 Å². The first kappa shape index (κ1) is 35.6. The molecule has 3 aromatic carbocycles. The van der Waals surface area contributed by atoms with E-state index in [-0.39, 0.29) is 48.9 Å². The number of benzene rings is 3. The maximum Gasteiger partial charge on any atom is 0.162 e. The number of fused-ring (bicyclic) bond motifs is 3. The number of aryl methyl sites for hydroxylation is 1. The first-order chi connectivity index (χ1) is 21.5. The van der Waals surface area contributed by atoms with Gasteiger partial charge in [0.25, 0.3) is 0 Å². The van der Waals surface area contributed by atoms with Crippen LogP contribution in [0, 0.1) is 24.8 Å². The minimum Gasteiger partial charge on any atom is -0.512 e. The summed E-state index contributed by atoms with van der Waals surface area (Å²) in [5.41, 5.74) is 9.88. The molecule has 4 nitrogen and oxygen atoms in total. The number of furan rings is 1. The van der Waals surface area contributed by atoms with Crippen molar-refractivity contribution in [3.05, 3.63) is 88.7 Å². The molecule has 0 fully saturated rings. The zero-order valence-electron chi connectivity index (χ0n) is 28.8. The summed E-state index contributed by atoms with van der Waals surface area (Å²) in [6.07, 6.45) is 4.91. The van der Waals surface area contributed by atoms with Crippen LogP contribution in [0.15, 0.2) is 64.8 Å². The molecule has 1 aliphatic rings. The standard InChI is InChI=1S/C28H24NO.C13H24O2.Ir/c1-15(2)18-10-11-20-25-24-19(7-6-8-23(24)30-27(18)25)26-21(28(20,4)5)14-17-13-16(3)9-12-22(17)29-26;1-5-10(6-2)12(14)9-13(15)11(7-3)8-4;/h6,8-15H,1-5H3;9-11,14H,5-8H2,1-4H3;/q-1;;/b;12-9-;. The van der Waals surface area contributed by atoms with E-state index in [4.69, 9.17) is 9.40 Å². The third kappa shape index (κ3) is 6.34. The Labute approximate surface area is 288 Å². The fourth-order valence-electron chi connectivity index (χ4n) is 6.93. The number of rotatable bonds is 8.